The van der Waals surface area contributed by atoms with Crippen molar-refractivity contribution in [3.8, 4) is 0 Å². The fourth-order valence-corrected chi connectivity index (χ4v) is 2.56. The molecule has 0 aliphatic rings. The predicted octanol–water partition coefficient (Wildman–Crippen LogP) is 3.89. The summed E-state index contributed by atoms with van der Waals surface area (Å²) in [6.07, 6.45) is 0. The second kappa shape index (κ2) is 7.65. The first-order valence-corrected chi connectivity index (χ1v) is 7.33. The van der Waals surface area contributed by atoms with Crippen molar-refractivity contribution in [2.75, 3.05) is 33.2 Å². The minimum Gasteiger partial charge on any atom is -0.398 e. The van der Waals surface area contributed by atoms with Crippen molar-refractivity contribution in [1.82, 2.24) is 0 Å². The van der Waals surface area contributed by atoms with Crippen LogP contribution in [0.2, 0.25) is 0 Å². The fourth-order valence-electron chi connectivity index (χ4n) is 2.56. The van der Waals surface area contributed by atoms with Crippen LogP contribution in [0.1, 0.15) is 62.1 Å². The Morgan fingerprint density at radius 3 is 1.60 bits per heavy atom. The fraction of sp³-hybridized carbons (Fsp3) is 0.647. The van der Waals surface area contributed by atoms with E-state index in [1.807, 2.05) is 0 Å². The Morgan fingerprint density at radius 2 is 1.30 bits per heavy atom. The molecule has 0 aromatic heterocycles. The van der Waals surface area contributed by atoms with Crippen molar-refractivity contribution in [3.05, 3.63) is 28.8 Å². The first kappa shape index (κ1) is 17.0. The van der Waals surface area contributed by atoms with Gasteiger partial charge in [-0.3, -0.25) is 0 Å². The maximum Gasteiger partial charge on any atom is 0.0553 e. The number of rotatable bonds is 7. The zero-order chi connectivity index (χ0) is 15.3. The smallest absolute Gasteiger partial charge is 0.0553 e. The second-order valence-electron chi connectivity index (χ2n) is 6.03. The molecule has 0 spiro atoms. The van der Waals surface area contributed by atoms with Crippen LogP contribution < -0.4 is 5.73 Å². The van der Waals surface area contributed by atoms with E-state index in [0.29, 0.717) is 25.0 Å². The van der Waals surface area contributed by atoms with Crippen LogP contribution in [-0.2, 0) is 9.47 Å². The molecule has 0 aliphatic heterocycles. The van der Waals surface area contributed by atoms with Crippen LogP contribution in [0.4, 0.5) is 5.69 Å². The lowest BCUT2D eigenvalue weighted by atomic mass is 9.87. The number of nitrogens with two attached hydrogens (primary N) is 1. The molecule has 2 N–H and O–H groups in total. The van der Waals surface area contributed by atoms with Crippen molar-refractivity contribution in [3.63, 3.8) is 0 Å². The van der Waals surface area contributed by atoms with E-state index in [-0.39, 0.29) is 5.92 Å². The molecule has 3 heteroatoms. The molecule has 20 heavy (non-hydrogen) atoms. The molecular weight excluding hydrogens is 250 g/mol. The highest BCUT2D eigenvalue weighted by molar-refractivity contribution is 5.58. The first-order chi connectivity index (χ1) is 9.42. The van der Waals surface area contributed by atoms with Gasteiger partial charge >= 0.3 is 0 Å². The highest BCUT2D eigenvalue weighted by Crippen LogP contribution is 2.34. The molecule has 0 atom stereocenters. The summed E-state index contributed by atoms with van der Waals surface area (Å²) in [5.41, 5.74) is 11.0. The lowest BCUT2D eigenvalue weighted by Crippen LogP contribution is -2.15. The molecule has 0 radical (unpaired) electrons. The van der Waals surface area contributed by atoms with Crippen LogP contribution in [0.3, 0.4) is 0 Å². The largest absolute Gasteiger partial charge is 0.398 e. The molecule has 0 amide bonds. The van der Waals surface area contributed by atoms with Crippen LogP contribution in [0.15, 0.2) is 12.1 Å². The molecule has 0 heterocycles. The first-order valence-electron chi connectivity index (χ1n) is 7.33. The normalized spacial score (nSPS) is 11.8. The Labute approximate surface area is 123 Å². The van der Waals surface area contributed by atoms with Crippen molar-refractivity contribution in [2.45, 2.75) is 45.4 Å². The van der Waals surface area contributed by atoms with Crippen LogP contribution in [0.5, 0.6) is 0 Å². The number of nitrogen functional groups attached to an aromatic ring is 1. The Hall–Kier alpha value is -1.06. The molecule has 0 fully saturated rings. The molecule has 0 aliphatic carbocycles. The monoisotopic (exact) mass is 279 g/mol. The van der Waals surface area contributed by atoms with Gasteiger partial charge in [-0.1, -0.05) is 39.8 Å². The van der Waals surface area contributed by atoms with Gasteiger partial charge in [0.1, 0.15) is 0 Å². The van der Waals surface area contributed by atoms with E-state index < -0.39 is 0 Å². The second-order valence-corrected chi connectivity index (χ2v) is 6.03. The van der Waals surface area contributed by atoms with E-state index in [4.69, 9.17) is 15.2 Å². The number of methoxy groups -OCH3 is 2. The van der Waals surface area contributed by atoms with Gasteiger partial charge in [-0.25, -0.2) is 0 Å². The minimum absolute atomic E-state index is 0.251. The standard InChI is InChI=1S/C17H29NO2/c1-11(2)15-7-13(14(9-19-5)10-20-6)8-16(12(3)4)17(15)18/h7-8,11-12,14H,9-10,18H2,1-6H3. The van der Waals surface area contributed by atoms with Crippen molar-refractivity contribution >= 4 is 5.69 Å². The lowest BCUT2D eigenvalue weighted by Gasteiger charge is -2.22. The van der Waals surface area contributed by atoms with Gasteiger partial charge in [0.25, 0.3) is 0 Å². The van der Waals surface area contributed by atoms with Gasteiger partial charge < -0.3 is 15.2 Å². The maximum absolute atomic E-state index is 6.34. The summed E-state index contributed by atoms with van der Waals surface area (Å²) in [4.78, 5) is 0. The van der Waals surface area contributed by atoms with Gasteiger partial charge in [0.2, 0.25) is 0 Å². The highest BCUT2D eigenvalue weighted by atomic mass is 16.5. The zero-order valence-electron chi connectivity index (χ0n) is 13.7. The number of hydrogen-bond acceptors (Lipinski definition) is 3. The summed E-state index contributed by atoms with van der Waals surface area (Å²) in [5.74, 6) is 1.08. The molecule has 0 saturated carbocycles. The Kier molecular flexibility index (Phi) is 6.50. The van der Waals surface area contributed by atoms with E-state index in [0.717, 1.165) is 5.69 Å². The Balaban J connectivity index is 3.31. The van der Waals surface area contributed by atoms with E-state index >= 15 is 0 Å². The molecule has 1 aromatic rings. The van der Waals surface area contributed by atoms with Crippen LogP contribution in [0, 0.1) is 0 Å². The number of hydrogen-bond donors (Lipinski definition) is 1. The third kappa shape index (κ3) is 3.97. The summed E-state index contributed by atoms with van der Waals surface area (Å²) < 4.78 is 10.7. The summed E-state index contributed by atoms with van der Waals surface area (Å²) in [5, 5.41) is 0. The predicted molar refractivity (Wildman–Crippen MR) is 85.5 cm³/mol. The third-order valence-electron chi connectivity index (χ3n) is 3.72. The van der Waals surface area contributed by atoms with E-state index in [2.05, 4.69) is 39.8 Å². The van der Waals surface area contributed by atoms with Crippen molar-refractivity contribution < 1.29 is 9.47 Å². The van der Waals surface area contributed by atoms with Gasteiger partial charge in [-0.2, -0.15) is 0 Å². The molecule has 3 nitrogen and oxygen atoms in total. The van der Waals surface area contributed by atoms with Gasteiger partial charge in [0.15, 0.2) is 0 Å². The summed E-state index contributed by atoms with van der Waals surface area (Å²) in [6.45, 7) is 10.0. The quantitative estimate of drug-likeness (QED) is 0.770. The molecular formula is C17H29NO2. The topological polar surface area (TPSA) is 44.5 Å². The molecule has 1 aromatic carbocycles. The maximum atomic E-state index is 6.34. The van der Waals surface area contributed by atoms with Gasteiger partial charge in [-0.15, -0.1) is 0 Å². The Morgan fingerprint density at radius 1 is 0.900 bits per heavy atom. The molecule has 114 valence electrons. The summed E-state index contributed by atoms with van der Waals surface area (Å²) >= 11 is 0. The SMILES string of the molecule is COCC(COC)c1cc(C(C)C)c(N)c(C(C)C)c1. The molecule has 1 rings (SSSR count). The Bertz CT molecular complexity index is 392. The van der Waals surface area contributed by atoms with E-state index in [1.165, 1.54) is 16.7 Å². The number of benzene rings is 1. The van der Waals surface area contributed by atoms with E-state index in [9.17, 15) is 0 Å². The van der Waals surface area contributed by atoms with Crippen molar-refractivity contribution in [2.24, 2.45) is 0 Å². The summed E-state index contributed by atoms with van der Waals surface area (Å²) in [7, 11) is 3.46. The average molecular weight is 279 g/mol. The number of anilines is 1. The highest BCUT2D eigenvalue weighted by Gasteiger charge is 2.18. The van der Waals surface area contributed by atoms with Gasteiger partial charge in [-0.05, 0) is 28.5 Å². The van der Waals surface area contributed by atoms with Crippen molar-refractivity contribution in [1.29, 1.82) is 0 Å². The molecule has 0 unspecified atom stereocenters. The average Bonchev–Trinajstić information content (AvgIpc) is 2.38. The van der Waals surface area contributed by atoms with E-state index in [1.54, 1.807) is 14.2 Å². The van der Waals surface area contributed by atoms with Gasteiger partial charge in [0.05, 0.1) is 13.2 Å². The summed E-state index contributed by atoms with van der Waals surface area (Å²) in [6, 6.07) is 4.43. The lowest BCUT2D eigenvalue weighted by molar-refractivity contribution is 0.117. The molecule has 0 bridgehead atoms. The molecule has 0 saturated heterocycles. The van der Waals surface area contributed by atoms with Crippen LogP contribution in [0.25, 0.3) is 0 Å². The van der Waals surface area contributed by atoms with Crippen LogP contribution >= 0.6 is 0 Å². The van der Waals surface area contributed by atoms with Crippen LogP contribution in [-0.4, -0.2) is 27.4 Å². The third-order valence-corrected chi connectivity index (χ3v) is 3.72. The minimum atomic E-state index is 0.251. The number of ether oxygens (including phenoxy) is 2. The zero-order valence-corrected chi connectivity index (χ0v) is 13.7. The van der Waals surface area contributed by atoms with Gasteiger partial charge in [0, 0.05) is 25.8 Å².